The summed E-state index contributed by atoms with van der Waals surface area (Å²) in [4.78, 5) is 21.2. The van der Waals surface area contributed by atoms with Gasteiger partial charge in [-0.05, 0) is 18.2 Å². The summed E-state index contributed by atoms with van der Waals surface area (Å²) in [6.45, 7) is 0. The van der Waals surface area contributed by atoms with Crippen molar-refractivity contribution >= 4 is 18.0 Å². The molecule has 0 bridgehead atoms. The molecule has 1 rings (SSSR count). The Hall–Kier alpha value is -2.04. The summed E-state index contributed by atoms with van der Waals surface area (Å²) in [5.41, 5.74) is 6.09. The van der Waals surface area contributed by atoms with Crippen LogP contribution >= 0.6 is 0 Å². The van der Waals surface area contributed by atoms with Crippen molar-refractivity contribution in [3.63, 3.8) is 0 Å². The third kappa shape index (κ3) is 2.48. The number of hydrazine groups is 1. The molecule has 0 saturated carbocycles. The van der Waals surface area contributed by atoms with E-state index in [-0.39, 0.29) is 5.91 Å². The first-order chi connectivity index (χ1) is 6.77. The predicted octanol–water partition coefficient (Wildman–Crippen LogP) is 0.119. The van der Waals surface area contributed by atoms with Crippen LogP contribution in [0, 0.1) is 0 Å². The molecule has 0 atom stereocenters. The largest absolute Gasteiger partial charge is 0.355 e. The second-order valence-electron chi connectivity index (χ2n) is 2.55. The van der Waals surface area contributed by atoms with E-state index in [4.69, 9.17) is 0 Å². The number of anilines is 1. The van der Waals surface area contributed by atoms with E-state index in [9.17, 15) is 9.59 Å². The van der Waals surface area contributed by atoms with Crippen LogP contribution < -0.4 is 16.2 Å². The van der Waals surface area contributed by atoms with Crippen molar-refractivity contribution in [2.24, 2.45) is 0 Å². The molecule has 2 amide bonds. The lowest BCUT2D eigenvalue weighted by Gasteiger charge is -2.05. The molecular weight excluding hydrogens is 182 g/mol. The van der Waals surface area contributed by atoms with Crippen LogP contribution in [0.5, 0.6) is 0 Å². The third-order valence-electron chi connectivity index (χ3n) is 1.63. The van der Waals surface area contributed by atoms with Gasteiger partial charge in [-0.3, -0.25) is 20.4 Å². The monoisotopic (exact) mass is 193 g/mol. The molecule has 0 fully saturated rings. The maximum atomic E-state index is 11.2. The van der Waals surface area contributed by atoms with Crippen molar-refractivity contribution in [3.8, 4) is 0 Å². The van der Waals surface area contributed by atoms with E-state index in [1.807, 2.05) is 0 Å². The highest BCUT2D eigenvalue weighted by atomic mass is 16.1. The zero-order chi connectivity index (χ0) is 10.4. The third-order valence-corrected chi connectivity index (χ3v) is 1.63. The van der Waals surface area contributed by atoms with E-state index in [1.54, 1.807) is 31.3 Å². The Labute approximate surface area is 81.5 Å². The predicted molar refractivity (Wildman–Crippen MR) is 52.7 cm³/mol. The van der Waals surface area contributed by atoms with Gasteiger partial charge in [0.25, 0.3) is 5.91 Å². The van der Waals surface area contributed by atoms with Crippen LogP contribution in [0.2, 0.25) is 0 Å². The van der Waals surface area contributed by atoms with Crippen LogP contribution in [0.25, 0.3) is 0 Å². The maximum Gasteiger partial charge on any atom is 0.251 e. The minimum Gasteiger partial charge on any atom is -0.355 e. The molecule has 3 N–H and O–H groups in total. The second-order valence-corrected chi connectivity index (χ2v) is 2.55. The van der Waals surface area contributed by atoms with Crippen LogP contribution in [0.4, 0.5) is 5.69 Å². The molecule has 5 heteroatoms. The molecule has 0 heterocycles. The van der Waals surface area contributed by atoms with Crippen molar-refractivity contribution in [3.05, 3.63) is 29.8 Å². The van der Waals surface area contributed by atoms with Crippen molar-refractivity contribution in [1.82, 2.24) is 10.7 Å². The van der Waals surface area contributed by atoms with E-state index in [1.165, 1.54) is 0 Å². The van der Waals surface area contributed by atoms with Crippen LogP contribution in [-0.2, 0) is 4.79 Å². The standard InChI is InChI=1S/C9H11N3O2/c1-10-9(14)7-3-2-4-8(5-7)12-11-6-13/h2-6,12H,1H3,(H,10,14)(H,11,13). The fourth-order valence-electron chi connectivity index (χ4n) is 0.995. The van der Waals surface area contributed by atoms with Crippen molar-refractivity contribution in [1.29, 1.82) is 0 Å². The minimum absolute atomic E-state index is 0.167. The zero-order valence-electron chi connectivity index (χ0n) is 7.70. The molecule has 0 radical (unpaired) electrons. The Kier molecular flexibility index (Phi) is 3.49. The van der Waals surface area contributed by atoms with E-state index in [2.05, 4.69) is 16.2 Å². The fraction of sp³-hybridized carbons (Fsp3) is 0.111. The number of benzene rings is 1. The molecule has 5 nitrogen and oxygen atoms in total. The average molecular weight is 193 g/mol. The van der Waals surface area contributed by atoms with E-state index < -0.39 is 0 Å². The Morgan fingerprint density at radius 3 is 2.86 bits per heavy atom. The van der Waals surface area contributed by atoms with Crippen LogP contribution in [-0.4, -0.2) is 19.4 Å². The topological polar surface area (TPSA) is 70.2 Å². The number of amides is 2. The lowest BCUT2D eigenvalue weighted by atomic mass is 10.2. The molecule has 0 saturated heterocycles. The van der Waals surface area contributed by atoms with Crippen molar-refractivity contribution in [2.45, 2.75) is 0 Å². The summed E-state index contributed by atoms with van der Waals surface area (Å²) >= 11 is 0. The van der Waals surface area contributed by atoms with Gasteiger partial charge >= 0.3 is 0 Å². The van der Waals surface area contributed by atoms with E-state index in [0.29, 0.717) is 17.7 Å². The summed E-state index contributed by atoms with van der Waals surface area (Å²) in [7, 11) is 1.56. The minimum atomic E-state index is -0.167. The van der Waals surface area contributed by atoms with Gasteiger partial charge in [0.1, 0.15) is 0 Å². The highest BCUT2D eigenvalue weighted by molar-refractivity contribution is 5.94. The van der Waals surface area contributed by atoms with Gasteiger partial charge in [-0.25, -0.2) is 0 Å². The second kappa shape index (κ2) is 4.86. The lowest BCUT2D eigenvalue weighted by Crippen LogP contribution is -2.20. The molecule has 14 heavy (non-hydrogen) atoms. The maximum absolute atomic E-state index is 11.2. The van der Waals surface area contributed by atoms with E-state index >= 15 is 0 Å². The lowest BCUT2D eigenvalue weighted by molar-refractivity contribution is -0.109. The molecule has 0 aromatic heterocycles. The van der Waals surface area contributed by atoms with Gasteiger partial charge in [-0.2, -0.15) is 0 Å². The first kappa shape index (κ1) is 10.0. The summed E-state index contributed by atoms with van der Waals surface area (Å²) in [6, 6.07) is 6.78. The van der Waals surface area contributed by atoms with Crippen LogP contribution in [0.3, 0.4) is 0 Å². The van der Waals surface area contributed by atoms with Crippen LogP contribution in [0.15, 0.2) is 24.3 Å². The molecule has 0 unspecified atom stereocenters. The van der Waals surface area contributed by atoms with E-state index in [0.717, 1.165) is 0 Å². The zero-order valence-corrected chi connectivity index (χ0v) is 7.70. The summed E-state index contributed by atoms with van der Waals surface area (Å²) in [5, 5.41) is 2.51. The average Bonchev–Trinajstić information content (AvgIpc) is 2.25. The van der Waals surface area contributed by atoms with Gasteiger partial charge in [0.15, 0.2) is 0 Å². The Balaban J connectivity index is 2.78. The normalized spacial score (nSPS) is 8.93. The molecule has 1 aromatic rings. The molecular formula is C9H11N3O2. The number of hydrogen-bond acceptors (Lipinski definition) is 3. The van der Waals surface area contributed by atoms with Gasteiger partial charge < -0.3 is 5.32 Å². The van der Waals surface area contributed by atoms with Crippen molar-refractivity contribution < 1.29 is 9.59 Å². The van der Waals surface area contributed by atoms with Crippen molar-refractivity contribution in [2.75, 3.05) is 12.5 Å². The van der Waals surface area contributed by atoms with Gasteiger partial charge in [-0.15, -0.1) is 0 Å². The van der Waals surface area contributed by atoms with Gasteiger partial charge in [0.05, 0.1) is 5.69 Å². The first-order valence-electron chi connectivity index (χ1n) is 4.05. The quantitative estimate of drug-likeness (QED) is 0.470. The molecule has 1 aromatic carbocycles. The first-order valence-corrected chi connectivity index (χ1v) is 4.05. The highest BCUT2D eigenvalue weighted by Crippen LogP contribution is 2.08. The van der Waals surface area contributed by atoms with Crippen LogP contribution in [0.1, 0.15) is 10.4 Å². The fourth-order valence-corrected chi connectivity index (χ4v) is 0.995. The number of nitrogens with one attached hydrogen (secondary N) is 3. The molecule has 0 aliphatic heterocycles. The summed E-state index contributed by atoms with van der Waals surface area (Å²) < 4.78 is 0. The van der Waals surface area contributed by atoms with Gasteiger partial charge in [0.2, 0.25) is 6.41 Å². The Morgan fingerprint density at radius 1 is 1.43 bits per heavy atom. The number of carbonyl (C=O) groups is 2. The highest BCUT2D eigenvalue weighted by Gasteiger charge is 2.02. The SMILES string of the molecule is CNC(=O)c1cccc(NNC=O)c1. The number of carbonyl (C=O) groups excluding carboxylic acids is 2. The molecule has 0 aliphatic rings. The number of rotatable bonds is 4. The molecule has 0 aliphatic carbocycles. The number of hydrogen-bond donors (Lipinski definition) is 3. The summed E-state index contributed by atoms with van der Waals surface area (Å²) in [5.74, 6) is -0.167. The van der Waals surface area contributed by atoms with Gasteiger partial charge in [0, 0.05) is 12.6 Å². The molecule has 74 valence electrons. The Morgan fingerprint density at radius 2 is 2.21 bits per heavy atom. The van der Waals surface area contributed by atoms with Gasteiger partial charge in [-0.1, -0.05) is 6.07 Å². The Bertz CT molecular complexity index is 339. The smallest absolute Gasteiger partial charge is 0.251 e. The summed E-state index contributed by atoms with van der Waals surface area (Å²) in [6.07, 6.45) is 0.520. The molecule has 0 spiro atoms.